The van der Waals surface area contributed by atoms with Crippen molar-refractivity contribution in [2.24, 2.45) is 0 Å². The number of amides is 1. The number of ketones is 1. The van der Waals surface area contributed by atoms with Crippen molar-refractivity contribution in [2.75, 3.05) is 43.4 Å². The number of Topliss-reactive ketones (excluding diaryl/α,β-unsaturated/α-hetero) is 1. The van der Waals surface area contributed by atoms with Gasteiger partial charge in [0.1, 0.15) is 0 Å². The molecule has 1 N–H and O–H groups in total. The molecule has 1 heterocycles. The Bertz CT molecular complexity index is 853. The van der Waals surface area contributed by atoms with E-state index in [1.165, 1.54) is 11.3 Å². The van der Waals surface area contributed by atoms with Crippen LogP contribution in [0.3, 0.4) is 0 Å². The quantitative estimate of drug-likeness (QED) is 0.725. The molecule has 5 heteroatoms. The highest BCUT2D eigenvalue weighted by Crippen LogP contribution is 2.24. The van der Waals surface area contributed by atoms with Gasteiger partial charge in [0.2, 0.25) is 5.91 Å². The number of hydrogen-bond acceptors (Lipinski definition) is 4. The van der Waals surface area contributed by atoms with Crippen molar-refractivity contribution >= 4 is 23.1 Å². The Balaban J connectivity index is 1.52. The van der Waals surface area contributed by atoms with E-state index in [1.54, 1.807) is 0 Å². The van der Waals surface area contributed by atoms with Gasteiger partial charge in [-0.25, -0.2) is 0 Å². The number of nitrogens with zero attached hydrogens (tertiary/aromatic N) is 2. The molecule has 3 rings (SSSR count). The average molecular weight is 394 g/mol. The molecule has 154 valence electrons. The van der Waals surface area contributed by atoms with Gasteiger partial charge in [0, 0.05) is 56.0 Å². The number of benzene rings is 2. The Hall–Kier alpha value is -2.66. The monoisotopic (exact) mass is 393 g/mol. The van der Waals surface area contributed by atoms with Crippen LogP contribution < -0.4 is 10.2 Å². The van der Waals surface area contributed by atoms with Gasteiger partial charge in [-0.15, -0.1) is 0 Å². The maximum atomic E-state index is 12.3. The molecule has 0 unspecified atom stereocenters. The van der Waals surface area contributed by atoms with Gasteiger partial charge in [-0.3, -0.25) is 9.59 Å². The summed E-state index contributed by atoms with van der Waals surface area (Å²) in [7, 11) is 2.15. The summed E-state index contributed by atoms with van der Waals surface area (Å²) in [6.45, 7) is 8.25. The Morgan fingerprint density at radius 2 is 1.66 bits per heavy atom. The molecule has 1 aliphatic rings. The SMILES string of the molecule is CCc1ccc(C(=O)CCC(=O)Nc2ccc(N3CCN(C)CC3)cc2C)cc1. The molecule has 0 atom stereocenters. The number of nitrogens with one attached hydrogen (secondary N) is 1. The second-order valence-electron chi connectivity index (χ2n) is 7.81. The number of carbonyl (C=O) groups excluding carboxylic acids is 2. The van der Waals surface area contributed by atoms with E-state index in [-0.39, 0.29) is 24.5 Å². The minimum absolute atomic E-state index is 0.00457. The molecule has 0 radical (unpaired) electrons. The Morgan fingerprint density at radius 1 is 0.966 bits per heavy atom. The summed E-state index contributed by atoms with van der Waals surface area (Å²) >= 11 is 0. The van der Waals surface area contributed by atoms with Crippen molar-refractivity contribution in [3.63, 3.8) is 0 Å². The van der Waals surface area contributed by atoms with Crippen LogP contribution in [0.5, 0.6) is 0 Å². The summed E-state index contributed by atoms with van der Waals surface area (Å²) in [5, 5.41) is 2.95. The fourth-order valence-corrected chi connectivity index (χ4v) is 3.56. The molecule has 29 heavy (non-hydrogen) atoms. The molecule has 1 fully saturated rings. The molecule has 1 saturated heterocycles. The van der Waals surface area contributed by atoms with Gasteiger partial charge in [-0.05, 0) is 49.7 Å². The fraction of sp³-hybridized carbons (Fsp3) is 0.417. The Morgan fingerprint density at radius 3 is 2.28 bits per heavy atom. The van der Waals surface area contributed by atoms with Crippen LogP contribution in [0.1, 0.15) is 41.3 Å². The Labute approximate surface area is 173 Å². The zero-order valence-corrected chi connectivity index (χ0v) is 17.7. The maximum Gasteiger partial charge on any atom is 0.224 e. The number of anilines is 2. The third kappa shape index (κ3) is 5.67. The van der Waals surface area contributed by atoms with Crippen LogP contribution in [0.4, 0.5) is 11.4 Å². The number of carbonyl (C=O) groups is 2. The molecule has 0 spiro atoms. The van der Waals surface area contributed by atoms with Crippen LogP contribution in [0.15, 0.2) is 42.5 Å². The van der Waals surface area contributed by atoms with Gasteiger partial charge in [-0.1, -0.05) is 31.2 Å². The standard InChI is InChI=1S/C24H31N3O2/c1-4-19-5-7-20(8-6-19)23(28)11-12-24(29)25-22-10-9-21(17-18(22)2)27-15-13-26(3)14-16-27/h5-10,17H,4,11-16H2,1-3H3,(H,25,29). The highest BCUT2D eigenvalue weighted by Gasteiger charge is 2.15. The van der Waals surface area contributed by atoms with Crippen LogP contribution in [0.2, 0.25) is 0 Å². The third-order valence-corrected chi connectivity index (χ3v) is 5.62. The minimum atomic E-state index is -0.126. The van der Waals surface area contributed by atoms with Crippen molar-refractivity contribution in [1.82, 2.24) is 4.90 Å². The summed E-state index contributed by atoms with van der Waals surface area (Å²) in [5.41, 5.74) is 4.92. The normalized spacial score (nSPS) is 14.7. The van der Waals surface area contributed by atoms with E-state index in [2.05, 4.69) is 41.2 Å². The predicted octanol–water partition coefficient (Wildman–Crippen LogP) is 3.91. The fourth-order valence-electron chi connectivity index (χ4n) is 3.56. The molecule has 5 nitrogen and oxygen atoms in total. The van der Waals surface area contributed by atoms with E-state index < -0.39 is 0 Å². The maximum absolute atomic E-state index is 12.3. The molecule has 2 aromatic carbocycles. The first-order valence-electron chi connectivity index (χ1n) is 10.4. The number of piperazine rings is 1. The first kappa shape index (κ1) is 21.1. The lowest BCUT2D eigenvalue weighted by Crippen LogP contribution is -2.44. The van der Waals surface area contributed by atoms with Crippen molar-refractivity contribution in [3.8, 4) is 0 Å². The summed E-state index contributed by atoms with van der Waals surface area (Å²) < 4.78 is 0. The molecule has 0 aliphatic carbocycles. The molecule has 0 aromatic heterocycles. The smallest absolute Gasteiger partial charge is 0.224 e. The van der Waals surface area contributed by atoms with E-state index in [0.29, 0.717) is 5.56 Å². The second kappa shape index (κ2) is 9.70. The largest absolute Gasteiger partial charge is 0.369 e. The van der Waals surface area contributed by atoms with Gasteiger partial charge >= 0.3 is 0 Å². The highest BCUT2D eigenvalue weighted by molar-refractivity contribution is 6.00. The van der Waals surface area contributed by atoms with E-state index in [4.69, 9.17) is 0 Å². The topological polar surface area (TPSA) is 52.7 Å². The van der Waals surface area contributed by atoms with Crippen molar-refractivity contribution in [1.29, 1.82) is 0 Å². The first-order chi connectivity index (χ1) is 14.0. The Kier molecular flexibility index (Phi) is 7.04. The first-order valence-corrected chi connectivity index (χ1v) is 10.4. The van der Waals surface area contributed by atoms with E-state index in [1.807, 2.05) is 37.3 Å². The molecule has 1 amide bonds. The van der Waals surface area contributed by atoms with Gasteiger partial charge in [0.25, 0.3) is 0 Å². The number of likely N-dealkylation sites (N-methyl/N-ethyl adjacent to an activating group) is 1. The third-order valence-electron chi connectivity index (χ3n) is 5.62. The molecular formula is C24H31N3O2. The number of aryl methyl sites for hydroxylation is 2. The lowest BCUT2D eigenvalue weighted by Gasteiger charge is -2.34. The lowest BCUT2D eigenvalue weighted by molar-refractivity contribution is -0.116. The van der Waals surface area contributed by atoms with Crippen LogP contribution in [-0.4, -0.2) is 49.8 Å². The van der Waals surface area contributed by atoms with Crippen LogP contribution >= 0.6 is 0 Å². The van der Waals surface area contributed by atoms with Gasteiger partial charge in [-0.2, -0.15) is 0 Å². The summed E-state index contributed by atoms with van der Waals surface area (Å²) in [6, 6.07) is 13.8. The number of rotatable bonds is 7. The zero-order chi connectivity index (χ0) is 20.8. The van der Waals surface area contributed by atoms with Crippen LogP contribution in [0.25, 0.3) is 0 Å². The molecule has 1 aliphatic heterocycles. The number of hydrogen-bond donors (Lipinski definition) is 1. The second-order valence-corrected chi connectivity index (χ2v) is 7.81. The van der Waals surface area contributed by atoms with E-state index >= 15 is 0 Å². The highest BCUT2D eigenvalue weighted by atomic mass is 16.2. The van der Waals surface area contributed by atoms with Crippen LogP contribution in [-0.2, 0) is 11.2 Å². The zero-order valence-electron chi connectivity index (χ0n) is 17.7. The van der Waals surface area contributed by atoms with Crippen LogP contribution in [0, 0.1) is 6.92 Å². The lowest BCUT2D eigenvalue weighted by atomic mass is 10.0. The summed E-state index contributed by atoms with van der Waals surface area (Å²) in [5.74, 6) is -0.121. The molecule has 0 bridgehead atoms. The van der Waals surface area contributed by atoms with Crippen molar-refractivity contribution < 1.29 is 9.59 Å². The van der Waals surface area contributed by atoms with Gasteiger partial charge in [0.05, 0.1) is 0 Å². The predicted molar refractivity (Wildman–Crippen MR) is 119 cm³/mol. The minimum Gasteiger partial charge on any atom is -0.369 e. The summed E-state index contributed by atoms with van der Waals surface area (Å²) in [6.07, 6.45) is 1.35. The molecular weight excluding hydrogens is 362 g/mol. The van der Waals surface area contributed by atoms with Crippen molar-refractivity contribution in [3.05, 3.63) is 59.2 Å². The summed E-state index contributed by atoms with van der Waals surface area (Å²) in [4.78, 5) is 29.4. The van der Waals surface area contributed by atoms with Gasteiger partial charge < -0.3 is 15.1 Å². The van der Waals surface area contributed by atoms with E-state index in [0.717, 1.165) is 43.9 Å². The molecule has 2 aromatic rings. The van der Waals surface area contributed by atoms with Crippen molar-refractivity contribution in [2.45, 2.75) is 33.1 Å². The molecule has 0 saturated carbocycles. The van der Waals surface area contributed by atoms with Gasteiger partial charge in [0.15, 0.2) is 5.78 Å². The average Bonchev–Trinajstić information content (AvgIpc) is 2.74. The van der Waals surface area contributed by atoms with E-state index in [9.17, 15) is 9.59 Å².